The Morgan fingerprint density at radius 1 is 1.29 bits per heavy atom. The zero-order valence-electron chi connectivity index (χ0n) is 12.8. The lowest BCUT2D eigenvalue weighted by atomic mass is 9.87. The molecule has 1 aliphatic carbocycles. The van der Waals surface area contributed by atoms with Gasteiger partial charge in [-0.05, 0) is 37.8 Å². The van der Waals surface area contributed by atoms with Crippen LogP contribution in [0.15, 0.2) is 28.7 Å². The first kappa shape index (κ1) is 14.6. The number of fused-ring (bicyclic) bond motifs is 1. The molecule has 1 heterocycles. The molecule has 0 spiro atoms. The molecule has 0 amide bonds. The fourth-order valence-corrected chi connectivity index (χ4v) is 3.48. The highest BCUT2D eigenvalue weighted by atomic mass is 16.3. The van der Waals surface area contributed by atoms with E-state index in [2.05, 4.69) is 24.4 Å². The lowest BCUT2D eigenvalue weighted by Gasteiger charge is -2.26. The summed E-state index contributed by atoms with van der Waals surface area (Å²) in [5, 5.41) is 14.5. The second-order valence-electron chi connectivity index (χ2n) is 6.17. The predicted molar refractivity (Wildman–Crippen MR) is 85.3 cm³/mol. The highest BCUT2D eigenvalue weighted by Gasteiger charge is 2.20. The average Bonchev–Trinajstić information content (AvgIpc) is 2.86. The van der Waals surface area contributed by atoms with Gasteiger partial charge in [0.25, 0.3) is 0 Å². The molecule has 1 aromatic heterocycles. The van der Waals surface area contributed by atoms with E-state index in [9.17, 15) is 5.11 Å². The molecule has 2 atom stereocenters. The van der Waals surface area contributed by atoms with Crippen molar-refractivity contribution in [3.63, 3.8) is 0 Å². The third-order valence-electron chi connectivity index (χ3n) is 4.59. The van der Waals surface area contributed by atoms with Crippen molar-refractivity contribution >= 4 is 11.0 Å². The summed E-state index contributed by atoms with van der Waals surface area (Å²) >= 11 is 0. The van der Waals surface area contributed by atoms with Crippen molar-refractivity contribution < 1.29 is 9.52 Å². The van der Waals surface area contributed by atoms with Crippen LogP contribution >= 0.6 is 0 Å². The standard InChI is InChI=1S/C18H25NO2/c1-2-17-16(15-8-3-4-9-18(15)21-17)12-19-11-13-6-5-7-14(20)10-13/h3-4,8-9,13-14,19-20H,2,5-7,10-12H2,1H3. The summed E-state index contributed by atoms with van der Waals surface area (Å²) in [7, 11) is 0. The summed E-state index contributed by atoms with van der Waals surface area (Å²) in [5.41, 5.74) is 2.28. The summed E-state index contributed by atoms with van der Waals surface area (Å²) in [6.07, 6.45) is 5.14. The smallest absolute Gasteiger partial charge is 0.134 e. The third kappa shape index (κ3) is 3.30. The molecule has 1 saturated carbocycles. The van der Waals surface area contributed by atoms with Crippen LogP contribution in [0.25, 0.3) is 11.0 Å². The number of aryl methyl sites for hydroxylation is 1. The molecule has 3 heteroatoms. The largest absolute Gasteiger partial charge is 0.461 e. The van der Waals surface area contributed by atoms with Crippen molar-refractivity contribution in [2.45, 2.75) is 51.7 Å². The van der Waals surface area contributed by atoms with Gasteiger partial charge in [-0.25, -0.2) is 0 Å². The van der Waals surface area contributed by atoms with E-state index in [4.69, 9.17) is 4.42 Å². The number of para-hydroxylation sites is 1. The van der Waals surface area contributed by atoms with Crippen LogP contribution in [0.2, 0.25) is 0 Å². The molecule has 1 aliphatic rings. The van der Waals surface area contributed by atoms with E-state index in [1.165, 1.54) is 17.4 Å². The number of nitrogens with one attached hydrogen (secondary N) is 1. The number of hydrogen-bond donors (Lipinski definition) is 2. The maximum absolute atomic E-state index is 9.74. The van der Waals surface area contributed by atoms with E-state index in [1.807, 2.05) is 12.1 Å². The Morgan fingerprint density at radius 3 is 2.95 bits per heavy atom. The number of rotatable bonds is 5. The van der Waals surface area contributed by atoms with E-state index in [0.29, 0.717) is 5.92 Å². The topological polar surface area (TPSA) is 45.4 Å². The minimum absolute atomic E-state index is 0.0912. The second kappa shape index (κ2) is 6.63. The van der Waals surface area contributed by atoms with E-state index < -0.39 is 0 Å². The van der Waals surface area contributed by atoms with Gasteiger partial charge in [-0.15, -0.1) is 0 Å². The first-order valence-electron chi connectivity index (χ1n) is 8.16. The molecule has 2 unspecified atom stereocenters. The van der Waals surface area contributed by atoms with Crippen LogP contribution in [-0.4, -0.2) is 17.8 Å². The van der Waals surface area contributed by atoms with E-state index >= 15 is 0 Å². The highest BCUT2D eigenvalue weighted by Crippen LogP contribution is 2.27. The first-order valence-corrected chi connectivity index (χ1v) is 8.16. The lowest BCUT2D eigenvalue weighted by Crippen LogP contribution is -2.29. The molecule has 3 nitrogen and oxygen atoms in total. The summed E-state index contributed by atoms with van der Waals surface area (Å²) in [5.74, 6) is 1.70. The number of benzene rings is 1. The maximum Gasteiger partial charge on any atom is 0.134 e. The Bertz CT molecular complexity index is 590. The molecule has 0 bridgehead atoms. The fraction of sp³-hybridized carbons (Fsp3) is 0.556. The molecule has 2 aromatic rings. The van der Waals surface area contributed by atoms with Gasteiger partial charge in [-0.2, -0.15) is 0 Å². The molecule has 0 aliphatic heterocycles. The molecular formula is C18H25NO2. The van der Waals surface area contributed by atoms with Crippen LogP contribution in [0.5, 0.6) is 0 Å². The quantitative estimate of drug-likeness (QED) is 0.882. The maximum atomic E-state index is 9.74. The van der Waals surface area contributed by atoms with Crippen molar-refractivity contribution in [3.05, 3.63) is 35.6 Å². The van der Waals surface area contributed by atoms with Gasteiger partial charge in [0, 0.05) is 23.9 Å². The molecule has 0 saturated heterocycles. The summed E-state index contributed by atoms with van der Waals surface area (Å²) in [4.78, 5) is 0. The molecule has 1 fully saturated rings. The van der Waals surface area contributed by atoms with E-state index in [1.54, 1.807) is 0 Å². The summed E-state index contributed by atoms with van der Waals surface area (Å²) < 4.78 is 5.93. The average molecular weight is 287 g/mol. The summed E-state index contributed by atoms with van der Waals surface area (Å²) in [6, 6.07) is 8.26. The SMILES string of the molecule is CCc1oc2ccccc2c1CNCC1CCCC(O)C1. The van der Waals surface area contributed by atoms with Gasteiger partial charge in [0.15, 0.2) is 0 Å². The van der Waals surface area contributed by atoms with Crippen molar-refractivity contribution in [3.8, 4) is 0 Å². The van der Waals surface area contributed by atoms with Gasteiger partial charge in [-0.3, -0.25) is 0 Å². The second-order valence-corrected chi connectivity index (χ2v) is 6.17. The Kier molecular flexibility index (Phi) is 4.61. The Labute approximate surface area is 126 Å². The van der Waals surface area contributed by atoms with Gasteiger partial charge in [0.2, 0.25) is 0 Å². The van der Waals surface area contributed by atoms with Gasteiger partial charge < -0.3 is 14.8 Å². The number of aliphatic hydroxyl groups excluding tert-OH is 1. The molecule has 2 N–H and O–H groups in total. The minimum atomic E-state index is -0.0912. The molecule has 1 aromatic carbocycles. The van der Waals surface area contributed by atoms with Crippen LogP contribution < -0.4 is 5.32 Å². The number of aliphatic hydroxyl groups is 1. The van der Waals surface area contributed by atoms with Gasteiger partial charge in [0.05, 0.1) is 6.10 Å². The Hall–Kier alpha value is -1.32. The van der Waals surface area contributed by atoms with Crippen LogP contribution in [0, 0.1) is 5.92 Å². The van der Waals surface area contributed by atoms with Gasteiger partial charge >= 0.3 is 0 Å². The van der Waals surface area contributed by atoms with Crippen molar-refractivity contribution in [2.75, 3.05) is 6.54 Å². The fourth-order valence-electron chi connectivity index (χ4n) is 3.48. The summed E-state index contributed by atoms with van der Waals surface area (Å²) in [6.45, 7) is 3.98. The normalized spacial score (nSPS) is 22.8. The van der Waals surface area contributed by atoms with Crippen molar-refractivity contribution in [1.82, 2.24) is 5.32 Å². The minimum Gasteiger partial charge on any atom is -0.461 e. The third-order valence-corrected chi connectivity index (χ3v) is 4.59. The van der Waals surface area contributed by atoms with E-state index in [0.717, 1.165) is 50.1 Å². The molecule has 21 heavy (non-hydrogen) atoms. The van der Waals surface area contributed by atoms with Crippen molar-refractivity contribution in [1.29, 1.82) is 0 Å². The van der Waals surface area contributed by atoms with E-state index in [-0.39, 0.29) is 6.10 Å². The number of furan rings is 1. The predicted octanol–water partition coefficient (Wildman–Crippen LogP) is 3.64. The zero-order chi connectivity index (χ0) is 14.7. The molecule has 3 rings (SSSR count). The lowest BCUT2D eigenvalue weighted by molar-refractivity contribution is 0.101. The molecule has 114 valence electrons. The Balaban J connectivity index is 1.64. The number of hydrogen-bond acceptors (Lipinski definition) is 3. The Morgan fingerprint density at radius 2 is 2.14 bits per heavy atom. The first-order chi connectivity index (χ1) is 10.3. The van der Waals surface area contributed by atoms with Crippen molar-refractivity contribution in [2.24, 2.45) is 5.92 Å². The molecular weight excluding hydrogens is 262 g/mol. The zero-order valence-corrected chi connectivity index (χ0v) is 12.8. The van der Waals surface area contributed by atoms with Crippen LogP contribution in [0.1, 0.15) is 43.9 Å². The molecule has 0 radical (unpaired) electrons. The monoisotopic (exact) mass is 287 g/mol. The van der Waals surface area contributed by atoms with Crippen LogP contribution in [0.3, 0.4) is 0 Å². The van der Waals surface area contributed by atoms with Gasteiger partial charge in [-0.1, -0.05) is 31.5 Å². The van der Waals surface area contributed by atoms with Gasteiger partial charge in [0.1, 0.15) is 11.3 Å². The van der Waals surface area contributed by atoms with Crippen LogP contribution in [-0.2, 0) is 13.0 Å². The highest BCUT2D eigenvalue weighted by molar-refractivity contribution is 5.82. The van der Waals surface area contributed by atoms with Crippen LogP contribution in [0.4, 0.5) is 0 Å².